The second-order valence-electron chi connectivity index (χ2n) is 4.11. The van der Waals surface area contributed by atoms with Crippen LogP contribution in [0.3, 0.4) is 0 Å². The van der Waals surface area contributed by atoms with E-state index in [0.29, 0.717) is 5.69 Å². The first kappa shape index (κ1) is 14.8. The monoisotopic (exact) mass is 297 g/mol. The van der Waals surface area contributed by atoms with Crippen molar-refractivity contribution < 1.29 is 4.92 Å². The van der Waals surface area contributed by atoms with Gasteiger partial charge in [-0.25, -0.2) is 0 Å². The van der Waals surface area contributed by atoms with Crippen molar-refractivity contribution in [2.24, 2.45) is 16.7 Å². The summed E-state index contributed by atoms with van der Waals surface area (Å²) >= 11 is 0. The molecule has 110 valence electrons. The third kappa shape index (κ3) is 3.29. The average molecular weight is 297 g/mol. The van der Waals surface area contributed by atoms with Gasteiger partial charge < -0.3 is 4.57 Å². The van der Waals surface area contributed by atoms with E-state index in [1.54, 1.807) is 47.2 Å². The van der Waals surface area contributed by atoms with Crippen LogP contribution in [0.15, 0.2) is 53.8 Å². The molecule has 8 nitrogen and oxygen atoms in total. The predicted octanol–water partition coefficient (Wildman–Crippen LogP) is 1.92. The molecule has 0 unspecified atom stereocenters. The first-order valence-electron chi connectivity index (χ1n) is 6.21. The molecule has 0 aliphatic carbocycles. The summed E-state index contributed by atoms with van der Waals surface area (Å²) in [6, 6.07) is 12.6. The molecule has 0 saturated carbocycles. The fourth-order valence-corrected chi connectivity index (χ4v) is 1.83. The third-order valence-corrected chi connectivity index (χ3v) is 2.76. The molecule has 0 atom stereocenters. The van der Waals surface area contributed by atoms with E-state index in [1.165, 1.54) is 12.1 Å². The maximum atomic E-state index is 11.1. The van der Waals surface area contributed by atoms with Gasteiger partial charge in [0.1, 0.15) is 11.8 Å². The van der Waals surface area contributed by atoms with Crippen molar-refractivity contribution in [3.63, 3.8) is 0 Å². The minimum atomic E-state index is -0.422. The molecular formula is C14H13N6O2+. The maximum Gasteiger partial charge on any atom is 0.506 e. The number of nitro benzene ring substituents is 1. The zero-order valence-corrected chi connectivity index (χ0v) is 11.5. The number of nitro groups is 1. The lowest BCUT2D eigenvalue weighted by atomic mass is 10.2. The number of nitrogens with zero attached hydrogens (tertiary/aromatic N) is 4. The summed E-state index contributed by atoms with van der Waals surface area (Å²) in [4.78, 5) is 14.3. The van der Waals surface area contributed by atoms with Gasteiger partial charge in [-0.15, -0.1) is 0 Å². The summed E-state index contributed by atoms with van der Waals surface area (Å²) in [5.41, 5.74) is 6.50. The topological polar surface area (TPSA) is 117 Å². The summed E-state index contributed by atoms with van der Waals surface area (Å²) in [7, 11) is 0. The fourth-order valence-electron chi connectivity index (χ4n) is 1.83. The number of aromatic nitrogens is 1. The van der Waals surface area contributed by atoms with Crippen molar-refractivity contribution >= 4 is 17.7 Å². The molecule has 0 amide bonds. The van der Waals surface area contributed by atoms with Gasteiger partial charge in [-0.3, -0.25) is 21.7 Å². The minimum absolute atomic E-state index is 0.0190. The van der Waals surface area contributed by atoms with Gasteiger partial charge in [-0.05, 0) is 24.3 Å². The van der Waals surface area contributed by atoms with Gasteiger partial charge in [0.2, 0.25) is 0 Å². The Morgan fingerprint density at radius 1 is 1.36 bits per heavy atom. The number of hydrazone groups is 1. The zero-order valence-electron chi connectivity index (χ0n) is 11.5. The molecule has 0 spiro atoms. The van der Waals surface area contributed by atoms with Crippen molar-refractivity contribution in [3.05, 3.63) is 69.3 Å². The number of allylic oxidation sites excluding steroid dienone is 1. The van der Waals surface area contributed by atoms with Gasteiger partial charge in [0.05, 0.1) is 4.92 Å². The van der Waals surface area contributed by atoms with Crippen molar-refractivity contribution in [2.45, 2.75) is 0 Å². The van der Waals surface area contributed by atoms with Gasteiger partial charge in [0, 0.05) is 29.1 Å². The molecule has 0 saturated heterocycles. The highest BCUT2D eigenvalue weighted by Gasteiger charge is 2.14. The van der Waals surface area contributed by atoms with Gasteiger partial charge >= 0.3 is 5.96 Å². The van der Waals surface area contributed by atoms with Crippen molar-refractivity contribution in [1.29, 1.82) is 0 Å². The van der Waals surface area contributed by atoms with Crippen LogP contribution in [0, 0.1) is 16.2 Å². The van der Waals surface area contributed by atoms with Crippen molar-refractivity contribution in [1.82, 2.24) is 4.57 Å². The predicted molar refractivity (Wildman–Crippen MR) is 84.5 cm³/mol. The SMILES string of the molecule is NN=C(N)[N+]#CC=Cc1cccn1-c1ccccc1[N+](=O)[O-]. The number of guanidine groups is 1. The van der Waals surface area contributed by atoms with E-state index in [1.807, 2.05) is 0 Å². The van der Waals surface area contributed by atoms with E-state index in [2.05, 4.69) is 16.0 Å². The van der Waals surface area contributed by atoms with E-state index in [0.717, 1.165) is 5.69 Å². The lowest BCUT2D eigenvalue weighted by molar-refractivity contribution is -0.384. The van der Waals surface area contributed by atoms with E-state index in [9.17, 15) is 10.1 Å². The Hall–Kier alpha value is -3.60. The molecule has 1 aromatic carbocycles. The summed E-state index contributed by atoms with van der Waals surface area (Å²) in [5, 5.41) is 14.3. The molecule has 0 radical (unpaired) electrons. The van der Waals surface area contributed by atoms with Crippen molar-refractivity contribution in [3.8, 4) is 11.8 Å². The highest BCUT2D eigenvalue weighted by Crippen LogP contribution is 2.24. The number of hydrogen-bond donors (Lipinski definition) is 2. The highest BCUT2D eigenvalue weighted by atomic mass is 16.6. The summed E-state index contributed by atoms with van der Waals surface area (Å²) in [6.07, 6.45) is 4.93. The first-order chi connectivity index (χ1) is 10.6. The maximum absolute atomic E-state index is 11.1. The summed E-state index contributed by atoms with van der Waals surface area (Å²) in [5.74, 6) is 4.83. The van der Waals surface area contributed by atoms with Crippen LogP contribution in [0.2, 0.25) is 0 Å². The van der Waals surface area contributed by atoms with Crippen LogP contribution in [0.25, 0.3) is 16.6 Å². The number of rotatable bonds is 3. The second-order valence-corrected chi connectivity index (χ2v) is 4.11. The third-order valence-electron chi connectivity index (χ3n) is 2.76. The lowest BCUT2D eigenvalue weighted by Gasteiger charge is -2.06. The smallest absolute Gasteiger partial charge is 0.311 e. The van der Waals surface area contributed by atoms with Gasteiger partial charge in [-0.1, -0.05) is 12.1 Å². The van der Waals surface area contributed by atoms with Gasteiger partial charge in [0.25, 0.3) is 5.69 Å². The number of nitrogens with two attached hydrogens (primary N) is 2. The van der Waals surface area contributed by atoms with E-state index >= 15 is 0 Å². The molecular weight excluding hydrogens is 284 g/mol. The standard InChI is InChI=1S/C14H13N6O2/c15-14(18-16)17-9-3-5-11-6-4-10-19(11)12-7-1-2-8-13(12)20(21)22/h1-8,10H,16H2,(H2,15,18)/q+1. The quantitative estimate of drug-likeness (QED) is 0.225. The highest BCUT2D eigenvalue weighted by molar-refractivity contribution is 5.88. The molecule has 22 heavy (non-hydrogen) atoms. The molecule has 1 heterocycles. The minimum Gasteiger partial charge on any atom is -0.311 e. The fraction of sp³-hybridized carbons (Fsp3) is 0. The van der Waals surface area contributed by atoms with E-state index in [4.69, 9.17) is 11.6 Å². The van der Waals surface area contributed by atoms with E-state index < -0.39 is 4.92 Å². The van der Waals surface area contributed by atoms with Gasteiger partial charge in [0.15, 0.2) is 0 Å². The Kier molecular flexibility index (Phi) is 4.52. The molecule has 0 aliphatic heterocycles. The average Bonchev–Trinajstić information content (AvgIpc) is 2.99. The molecule has 0 fully saturated rings. The van der Waals surface area contributed by atoms with Crippen LogP contribution in [-0.2, 0) is 0 Å². The molecule has 2 rings (SSSR count). The Morgan fingerprint density at radius 3 is 2.86 bits per heavy atom. The summed E-state index contributed by atoms with van der Waals surface area (Å²) < 4.78 is 1.69. The Balaban J connectivity index is 2.36. The molecule has 0 bridgehead atoms. The Morgan fingerprint density at radius 2 is 2.14 bits per heavy atom. The second kappa shape index (κ2) is 6.71. The van der Waals surface area contributed by atoms with Crippen LogP contribution in [0.1, 0.15) is 5.69 Å². The normalized spacial score (nSPS) is 11.2. The number of hydrogen-bond acceptors (Lipinski definition) is 4. The molecule has 4 N–H and O–H groups in total. The first-order valence-corrected chi connectivity index (χ1v) is 6.21. The van der Waals surface area contributed by atoms with Crippen LogP contribution in [-0.4, -0.2) is 15.4 Å². The Bertz CT molecular complexity index is 810. The van der Waals surface area contributed by atoms with Crippen molar-refractivity contribution in [2.75, 3.05) is 0 Å². The van der Waals surface area contributed by atoms with Crippen LogP contribution in [0.5, 0.6) is 0 Å². The molecule has 8 heteroatoms. The molecule has 1 aromatic heterocycles. The van der Waals surface area contributed by atoms with Crippen LogP contribution in [0.4, 0.5) is 5.69 Å². The van der Waals surface area contributed by atoms with E-state index in [-0.39, 0.29) is 11.6 Å². The summed E-state index contributed by atoms with van der Waals surface area (Å²) in [6.45, 7) is 0. The van der Waals surface area contributed by atoms with Crippen LogP contribution < -0.4 is 11.6 Å². The van der Waals surface area contributed by atoms with Crippen LogP contribution >= 0.6 is 0 Å². The van der Waals surface area contributed by atoms with Gasteiger partial charge in [-0.2, -0.15) is 4.85 Å². The zero-order chi connectivity index (χ0) is 15.9. The lowest BCUT2D eigenvalue weighted by Crippen LogP contribution is -2.07. The number of para-hydroxylation sites is 2. The number of benzene rings is 1. The molecule has 2 aromatic rings. The molecule has 0 aliphatic rings. The Labute approximate surface area is 125 Å². The largest absolute Gasteiger partial charge is 0.506 e.